The summed E-state index contributed by atoms with van der Waals surface area (Å²) in [6.07, 6.45) is 0.952. The van der Waals surface area contributed by atoms with Crippen LogP contribution in [-0.2, 0) is 7.05 Å². The summed E-state index contributed by atoms with van der Waals surface area (Å²) in [5.74, 6) is 0. The SMILES string of the molecule is Cn1ncc(Br)c1C(O)c1ccc(Cl)cc1. The summed E-state index contributed by atoms with van der Waals surface area (Å²) < 4.78 is 2.43. The van der Waals surface area contributed by atoms with Crippen molar-refractivity contribution in [1.29, 1.82) is 0 Å². The van der Waals surface area contributed by atoms with E-state index in [2.05, 4.69) is 21.0 Å². The van der Waals surface area contributed by atoms with Crippen LogP contribution >= 0.6 is 27.5 Å². The van der Waals surface area contributed by atoms with Crippen molar-refractivity contribution in [3.63, 3.8) is 0 Å². The van der Waals surface area contributed by atoms with Crippen molar-refractivity contribution < 1.29 is 5.11 Å². The van der Waals surface area contributed by atoms with Crippen LogP contribution in [0.3, 0.4) is 0 Å². The molecule has 0 saturated heterocycles. The van der Waals surface area contributed by atoms with E-state index in [4.69, 9.17) is 11.6 Å². The molecule has 3 nitrogen and oxygen atoms in total. The number of aliphatic hydroxyl groups excluding tert-OH is 1. The number of aryl methyl sites for hydroxylation is 1. The zero-order chi connectivity index (χ0) is 11.7. The van der Waals surface area contributed by atoms with Gasteiger partial charge in [-0.3, -0.25) is 4.68 Å². The summed E-state index contributed by atoms with van der Waals surface area (Å²) in [5.41, 5.74) is 1.51. The van der Waals surface area contributed by atoms with Crippen LogP contribution in [-0.4, -0.2) is 14.9 Å². The third-order valence-electron chi connectivity index (χ3n) is 2.38. The summed E-state index contributed by atoms with van der Waals surface area (Å²) in [7, 11) is 1.79. The molecule has 0 spiro atoms. The Morgan fingerprint density at radius 1 is 1.38 bits per heavy atom. The topological polar surface area (TPSA) is 38.0 Å². The molecule has 0 fully saturated rings. The Hall–Kier alpha value is -0.840. The fraction of sp³-hybridized carbons (Fsp3) is 0.182. The van der Waals surface area contributed by atoms with E-state index in [1.54, 1.807) is 42.2 Å². The van der Waals surface area contributed by atoms with E-state index < -0.39 is 6.10 Å². The predicted octanol–water partition coefficient (Wildman–Crippen LogP) is 2.92. The summed E-state index contributed by atoms with van der Waals surface area (Å²) in [6, 6.07) is 7.10. The monoisotopic (exact) mass is 300 g/mol. The van der Waals surface area contributed by atoms with Crippen LogP contribution in [0.4, 0.5) is 0 Å². The van der Waals surface area contributed by atoms with Gasteiger partial charge in [0.05, 0.1) is 16.4 Å². The van der Waals surface area contributed by atoms with Crippen LogP contribution in [0.1, 0.15) is 17.4 Å². The molecule has 1 aromatic heterocycles. The highest BCUT2D eigenvalue weighted by molar-refractivity contribution is 9.10. The molecule has 16 heavy (non-hydrogen) atoms. The number of rotatable bonds is 2. The molecule has 2 aromatic rings. The molecule has 1 aromatic carbocycles. The third-order valence-corrected chi connectivity index (χ3v) is 3.25. The van der Waals surface area contributed by atoms with E-state index in [1.165, 1.54) is 0 Å². The zero-order valence-corrected chi connectivity index (χ0v) is 10.9. The van der Waals surface area contributed by atoms with Gasteiger partial charge in [-0.25, -0.2) is 0 Å². The molecule has 0 aliphatic heterocycles. The van der Waals surface area contributed by atoms with E-state index >= 15 is 0 Å². The molecular weight excluding hydrogens is 291 g/mol. The molecule has 0 saturated carbocycles. The number of hydrogen-bond acceptors (Lipinski definition) is 2. The lowest BCUT2D eigenvalue weighted by atomic mass is 10.1. The molecule has 2 rings (SSSR count). The summed E-state index contributed by atoms with van der Waals surface area (Å²) in [6.45, 7) is 0. The Morgan fingerprint density at radius 3 is 2.50 bits per heavy atom. The second kappa shape index (κ2) is 4.57. The van der Waals surface area contributed by atoms with Crippen molar-refractivity contribution in [3.8, 4) is 0 Å². The van der Waals surface area contributed by atoms with Crippen molar-refractivity contribution in [2.24, 2.45) is 7.05 Å². The Kier molecular flexibility index (Phi) is 3.33. The molecular formula is C11H10BrClN2O. The van der Waals surface area contributed by atoms with E-state index in [0.29, 0.717) is 5.02 Å². The minimum absolute atomic E-state index is 0.653. The van der Waals surface area contributed by atoms with Crippen LogP contribution < -0.4 is 0 Å². The van der Waals surface area contributed by atoms with Gasteiger partial charge in [0.25, 0.3) is 0 Å². The molecule has 84 valence electrons. The van der Waals surface area contributed by atoms with Crippen LogP contribution in [0.2, 0.25) is 5.02 Å². The lowest BCUT2D eigenvalue weighted by Gasteiger charge is -2.12. The van der Waals surface area contributed by atoms with E-state index in [9.17, 15) is 5.11 Å². The van der Waals surface area contributed by atoms with Crippen LogP contribution in [0.15, 0.2) is 34.9 Å². The molecule has 5 heteroatoms. The van der Waals surface area contributed by atoms with Gasteiger partial charge in [0.1, 0.15) is 6.10 Å². The van der Waals surface area contributed by atoms with Crippen molar-refractivity contribution in [2.75, 3.05) is 0 Å². The van der Waals surface area contributed by atoms with Gasteiger partial charge in [-0.1, -0.05) is 23.7 Å². The van der Waals surface area contributed by atoms with Crippen LogP contribution in [0, 0.1) is 0 Å². The first-order chi connectivity index (χ1) is 7.59. The first-order valence-electron chi connectivity index (χ1n) is 4.70. The quantitative estimate of drug-likeness (QED) is 0.926. The number of aliphatic hydroxyl groups is 1. The maximum atomic E-state index is 10.2. The molecule has 1 atom stereocenters. The van der Waals surface area contributed by atoms with Gasteiger partial charge < -0.3 is 5.11 Å². The fourth-order valence-corrected chi connectivity index (χ4v) is 2.22. The van der Waals surface area contributed by atoms with Crippen molar-refractivity contribution in [3.05, 3.63) is 51.2 Å². The summed E-state index contributed by atoms with van der Waals surface area (Å²) in [5, 5.41) is 14.9. The Balaban J connectivity index is 2.39. The van der Waals surface area contributed by atoms with E-state index in [-0.39, 0.29) is 0 Å². The highest BCUT2D eigenvalue weighted by Gasteiger charge is 2.17. The fourth-order valence-electron chi connectivity index (χ4n) is 1.53. The first-order valence-corrected chi connectivity index (χ1v) is 5.87. The Morgan fingerprint density at radius 2 is 2.00 bits per heavy atom. The molecule has 0 aliphatic rings. The Bertz CT molecular complexity index is 476. The molecule has 0 radical (unpaired) electrons. The number of benzene rings is 1. The van der Waals surface area contributed by atoms with Gasteiger partial charge in [-0.2, -0.15) is 5.10 Å². The van der Waals surface area contributed by atoms with Gasteiger partial charge in [0, 0.05) is 12.1 Å². The number of hydrogen-bond donors (Lipinski definition) is 1. The van der Waals surface area contributed by atoms with Gasteiger partial charge in [0.15, 0.2) is 0 Å². The standard InChI is InChI=1S/C11H10BrClN2O/c1-15-10(9(12)6-14-15)11(16)7-2-4-8(13)5-3-7/h2-6,11,16H,1H3. The summed E-state index contributed by atoms with van der Waals surface area (Å²) in [4.78, 5) is 0. The number of nitrogens with zero attached hydrogens (tertiary/aromatic N) is 2. The van der Waals surface area contributed by atoms with Gasteiger partial charge in [-0.15, -0.1) is 0 Å². The minimum Gasteiger partial charge on any atom is -0.382 e. The zero-order valence-electron chi connectivity index (χ0n) is 8.56. The van der Waals surface area contributed by atoms with Gasteiger partial charge in [-0.05, 0) is 33.6 Å². The normalized spacial score (nSPS) is 12.8. The van der Waals surface area contributed by atoms with E-state index in [0.717, 1.165) is 15.7 Å². The van der Waals surface area contributed by atoms with E-state index in [1.807, 2.05) is 0 Å². The maximum Gasteiger partial charge on any atom is 0.122 e. The lowest BCUT2D eigenvalue weighted by Crippen LogP contribution is -2.07. The largest absolute Gasteiger partial charge is 0.382 e. The molecule has 1 N–H and O–H groups in total. The highest BCUT2D eigenvalue weighted by Crippen LogP contribution is 2.28. The van der Waals surface area contributed by atoms with Crippen molar-refractivity contribution in [2.45, 2.75) is 6.10 Å². The van der Waals surface area contributed by atoms with Crippen molar-refractivity contribution >= 4 is 27.5 Å². The molecule has 0 amide bonds. The average Bonchev–Trinajstić information content (AvgIpc) is 2.59. The number of aromatic nitrogens is 2. The van der Waals surface area contributed by atoms with Crippen LogP contribution in [0.25, 0.3) is 0 Å². The summed E-state index contributed by atoms with van der Waals surface area (Å²) >= 11 is 9.16. The molecule has 0 aliphatic carbocycles. The van der Waals surface area contributed by atoms with Crippen molar-refractivity contribution in [1.82, 2.24) is 9.78 Å². The molecule has 1 unspecified atom stereocenters. The maximum absolute atomic E-state index is 10.2. The third kappa shape index (κ3) is 2.14. The molecule has 0 bridgehead atoms. The second-order valence-corrected chi connectivity index (χ2v) is 4.75. The average molecular weight is 302 g/mol. The minimum atomic E-state index is -0.709. The van der Waals surface area contributed by atoms with Gasteiger partial charge in [0.2, 0.25) is 0 Å². The van der Waals surface area contributed by atoms with Crippen LogP contribution in [0.5, 0.6) is 0 Å². The van der Waals surface area contributed by atoms with Gasteiger partial charge >= 0.3 is 0 Å². The lowest BCUT2D eigenvalue weighted by molar-refractivity contribution is 0.209. The highest BCUT2D eigenvalue weighted by atomic mass is 79.9. The Labute approximate surface area is 107 Å². The molecule has 1 heterocycles. The number of halogens is 2. The second-order valence-electron chi connectivity index (χ2n) is 3.46. The predicted molar refractivity (Wildman–Crippen MR) is 66.4 cm³/mol. The first kappa shape index (κ1) is 11.6. The smallest absolute Gasteiger partial charge is 0.122 e.